The van der Waals surface area contributed by atoms with Crippen LogP contribution in [0.3, 0.4) is 0 Å². The Morgan fingerprint density at radius 3 is 2.40 bits per heavy atom. The van der Waals surface area contributed by atoms with E-state index in [4.69, 9.17) is 4.42 Å². The third kappa shape index (κ3) is 6.35. The van der Waals surface area contributed by atoms with Gasteiger partial charge in [-0.25, -0.2) is 4.79 Å². The van der Waals surface area contributed by atoms with Crippen molar-refractivity contribution in [1.82, 2.24) is 20.9 Å². The van der Waals surface area contributed by atoms with Crippen molar-refractivity contribution in [2.45, 2.75) is 51.7 Å². The molecule has 0 saturated carbocycles. The molecule has 3 N–H and O–H groups in total. The highest BCUT2D eigenvalue weighted by Crippen LogP contribution is 2.24. The van der Waals surface area contributed by atoms with Crippen molar-refractivity contribution < 1.29 is 14.0 Å². The number of urea groups is 1. The summed E-state index contributed by atoms with van der Waals surface area (Å²) in [6, 6.07) is 11.1. The van der Waals surface area contributed by atoms with Gasteiger partial charge in [-0.05, 0) is 69.6 Å². The SMILES string of the molecule is CC(C)NC(=O)NCc1ccc(C(=O)NCC(c2ccco2)N2CCCCC2)cc1. The molecular weight excluding hydrogens is 380 g/mol. The molecule has 0 bridgehead atoms. The molecule has 1 aromatic carbocycles. The van der Waals surface area contributed by atoms with Crippen molar-refractivity contribution in [3.63, 3.8) is 0 Å². The molecule has 0 spiro atoms. The summed E-state index contributed by atoms with van der Waals surface area (Å²) in [7, 11) is 0. The Balaban J connectivity index is 1.53. The van der Waals surface area contributed by atoms with E-state index in [2.05, 4.69) is 20.9 Å². The molecule has 7 nitrogen and oxygen atoms in total. The minimum Gasteiger partial charge on any atom is -0.468 e. The summed E-state index contributed by atoms with van der Waals surface area (Å²) in [5, 5.41) is 8.64. The quantitative estimate of drug-likeness (QED) is 0.620. The van der Waals surface area contributed by atoms with Crippen LogP contribution in [0.15, 0.2) is 47.1 Å². The smallest absolute Gasteiger partial charge is 0.315 e. The molecule has 1 aliphatic heterocycles. The monoisotopic (exact) mass is 412 g/mol. The van der Waals surface area contributed by atoms with Crippen LogP contribution in [0.25, 0.3) is 0 Å². The van der Waals surface area contributed by atoms with E-state index in [0.717, 1.165) is 24.4 Å². The van der Waals surface area contributed by atoms with Crippen LogP contribution in [-0.4, -0.2) is 42.5 Å². The fourth-order valence-electron chi connectivity index (χ4n) is 3.68. The van der Waals surface area contributed by atoms with E-state index in [-0.39, 0.29) is 24.0 Å². The Bertz CT molecular complexity index is 796. The lowest BCUT2D eigenvalue weighted by Crippen LogP contribution is -2.40. The van der Waals surface area contributed by atoms with Gasteiger partial charge in [-0.2, -0.15) is 0 Å². The zero-order valence-electron chi connectivity index (χ0n) is 17.8. The normalized spacial score (nSPS) is 15.6. The van der Waals surface area contributed by atoms with Gasteiger partial charge in [-0.15, -0.1) is 0 Å². The summed E-state index contributed by atoms with van der Waals surface area (Å²) in [6.45, 7) is 6.78. The molecule has 1 unspecified atom stereocenters. The van der Waals surface area contributed by atoms with E-state index in [0.29, 0.717) is 18.7 Å². The second-order valence-corrected chi connectivity index (χ2v) is 8.02. The van der Waals surface area contributed by atoms with Gasteiger partial charge >= 0.3 is 6.03 Å². The molecule has 1 aromatic heterocycles. The van der Waals surface area contributed by atoms with E-state index in [9.17, 15) is 9.59 Å². The standard InChI is InChI=1S/C23H32N4O3/c1-17(2)26-23(29)25-15-18-8-10-19(11-9-18)22(28)24-16-20(21-7-6-14-30-21)27-12-4-3-5-13-27/h6-11,14,17,20H,3-5,12-13,15-16H2,1-2H3,(H,24,28)(H2,25,26,29). The van der Waals surface area contributed by atoms with Gasteiger partial charge in [-0.1, -0.05) is 18.6 Å². The Hall–Kier alpha value is -2.80. The fourth-order valence-corrected chi connectivity index (χ4v) is 3.68. The molecule has 3 rings (SSSR count). The van der Waals surface area contributed by atoms with E-state index in [1.54, 1.807) is 18.4 Å². The van der Waals surface area contributed by atoms with Crippen molar-refractivity contribution in [2.24, 2.45) is 0 Å². The molecule has 0 aliphatic carbocycles. The first-order valence-corrected chi connectivity index (χ1v) is 10.7. The van der Waals surface area contributed by atoms with Crippen LogP contribution in [0.4, 0.5) is 4.79 Å². The molecule has 1 atom stereocenters. The molecule has 7 heteroatoms. The van der Waals surface area contributed by atoms with Crippen LogP contribution in [0.5, 0.6) is 0 Å². The van der Waals surface area contributed by atoms with Gasteiger partial charge < -0.3 is 20.4 Å². The number of likely N-dealkylation sites (tertiary alicyclic amines) is 1. The van der Waals surface area contributed by atoms with Gasteiger partial charge in [0.25, 0.3) is 5.91 Å². The Morgan fingerprint density at radius 2 is 1.77 bits per heavy atom. The van der Waals surface area contributed by atoms with Crippen molar-refractivity contribution in [3.05, 3.63) is 59.5 Å². The molecule has 2 heterocycles. The lowest BCUT2D eigenvalue weighted by molar-refractivity contribution is 0.0914. The molecule has 3 amide bonds. The molecule has 162 valence electrons. The lowest BCUT2D eigenvalue weighted by atomic mass is 10.1. The summed E-state index contributed by atoms with van der Waals surface area (Å²) < 4.78 is 5.64. The Labute approximate surface area is 178 Å². The van der Waals surface area contributed by atoms with Gasteiger partial charge in [0.1, 0.15) is 5.76 Å². The third-order valence-corrected chi connectivity index (χ3v) is 5.25. The Morgan fingerprint density at radius 1 is 1.03 bits per heavy atom. The third-order valence-electron chi connectivity index (χ3n) is 5.25. The summed E-state index contributed by atoms with van der Waals surface area (Å²) in [5.74, 6) is 0.777. The molecule has 1 fully saturated rings. The predicted octanol–water partition coefficient (Wildman–Crippen LogP) is 3.44. The first kappa shape index (κ1) is 21.9. The molecule has 0 radical (unpaired) electrons. The number of hydrogen-bond donors (Lipinski definition) is 3. The van der Waals surface area contributed by atoms with Crippen LogP contribution < -0.4 is 16.0 Å². The molecule has 1 saturated heterocycles. The van der Waals surface area contributed by atoms with Gasteiger partial charge in [0.2, 0.25) is 0 Å². The van der Waals surface area contributed by atoms with E-state index >= 15 is 0 Å². The summed E-state index contributed by atoms with van der Waals surface area (Å²) in [6.07, 6.45) is 5.29. The number of nitrogens with one attached hydrogen (secondary N) is 3. The maximum absolute atomic E-state index is 12.7. The number of rotatable bonds is 8. The number of nitrogens with zero attached hydrogens (tertiary/aromatic N) is 1. The predicted molar refractivity (Wildman–Crippen MR) is 116 cm³/mol. The summed E-state index contributed by atoms with van der Waals surface area (Å²) in [4.78, 5) is 26.7. The number of hydrogen-bond acceptors (Lipinski definition) is 4. The number of benzene rings is 1. The number of piperidine rings is 1. The number of carbonyl (C=O) groups is 2. The summed E-state index contributed by atoms with van der Waals surface area (Å²) in [5.41, 5.74) is 1.54. The van der Waals surface area contributed by atoms with E-state index in [1.165, 1.54) is 19.3 Å². The molecule has 30 heavy (non-hydrogen) atoms. The van der Waals surface area contributed by atoms with Gasteiger partial charge in [-0.3, -0.25) is 9.69 Å². The van der Waals surface area contributed by atoms with Crippen molar-refractivity contribution in [1.29, 1.82) is 0 Å². The van der Waals surface area contributed by atoms with Crippen LogP contribution >= 0.6 is 0 Å². The van der Waals surface area contributed by atoms with Crippen molar-refractivity contribution >= 4 is 11.9 Å². The minimum absolute atomic E-state index is 0.0483. The molecule has 2 aromatic rings. The maximum atomic E-state index is 12.7. The zero-order valence-corrected chi connectivity index (χ0v) is 17.8. The van der Waals surface area contributed by atoms with Crippen molar-refractivity contribution in [2.75, 3.05) is 19.6 Å². The Kier molecular flexibility index (Phi) is 7.90. The molecule has 1 aliphatic rings. The highest BCUT2D eigenvalue weighted by Gasteiger charge is 2.25. The number of amides is 3. The second-order valence-electron chi connectivity index (χ2n) is 8.02. The van der Waals surface area contributed by atoms with Gasteiger partial charge in [0.05, 0.1) is 12.3 Å². The topological polar surface area (TPSA) is 86.6 Å². The van der Waals surface area contributed by atoms with Crippen LogP contribution in [-0.2, 0) is 6.54 Å². The zero-order chi connectivity index (χ0) is 21.3. The van der Waals surface area contributed by atoms with Gasteiger partial charge in [0.15, 0.2) is 0 Å². The van der Waals surface area contributed by atoms with Gasteiger partial charge in [0, 0.05) is 24.7 Å². The minimum atomic E-state index is -0.200. The second kappa shape index (κ2) is 10.8. The number of carbonyl (C=O) groups excluding carboxylic acids is 2. The first-order valence-electron chi connectivity index (χ1n) is 10.7. The highest BCUT2D eigenvalue weighted by molar-refractivity contribution is 5.94. The fraction of sp³-hybridized carbons (Fsp3) is 0.478. The highest BCUT2D eigenvalue weighted by atomic mass is 16.3. The maximum Gasteiger partial charge on any atom is 0.315 e. The largest absolute Gasteiger partial charge is 0.468 e. The van der Waals surface area contributed by atoms with Crippen molar-refractivity contribution in [3.8, 4) is 0 Å². The molecular formula is C23H32N4O3. The van der Waals surface area contributed by atoms with Crippen LogP contribution in [0.2, 0.25) is 0 Å². The average Bonchev–Trinajstić information content (AvgIpc) is 3.27. The lowest BCUT2D eigenvalue weighted by Gasteiger charge is -2.33. The first-order chi connectivity index (χ1) is 14.5. The van der Waals surface area contributed by atoms with E-state index in [1.807, 2.05) is 38.1 Å². The van der Waals surface area contributed by atoms with Crippen LogP contribution in [0.1, 0.15) is 60.8 Å². The number of furan rings is 1. The van der Waals surface area contributed by atoms with E-state index < -0.39 is 0 Å². The van der Waals surface area contributed by atoms with Crippen LogP contribution in [0, 0.1) is 0 Å². The average molecular weight is 413 g/mol. The summed E-state index contributed by atoms with van der Waals surface area (Å²) >= 11 is 0.